The lowest BCUT2D eigenvalue weighted by Gasteiger charge is -2.12. The normalized spacial score (nSPS) is 12.4. The number of rotatable bonds is 12. The molecule has 0 radical (unpaired) electrons. The van der Waals surface area contributed by atoms with Crippen molar-refractivity contribution in [1.29, 1.82) is 0 Å². The first-order chi connectivity index (χ1) is 16.2. The van der Waals surface area contributed by atoms with Crippen LogP contribution in [-0.2, 0) is 20.8 Å². The molecule has 3 aromatic heterocycles. The Morgan fingerprint density at radius 3 is 2.65 bits per heavy atom. The zero-order chi connectivity index (χ0) is 24.6. The first-order valence-electron chi connectivity index (χ1n) is 11.3. The minimum atomic E-state index is -0.420. The van der Waals surface area contributed by atoms with Gasteiger partial charge in [-0.15, -0.1) is 23.1 Å². The summed E-state index contributed by atoms with van der Waals surface area (Å²) >= 11 is 3.06. The summed E-state index contributed by atoms with van der Waals surface area (Å²) in [6.45, 7) is 6.25. The third kappa shape index (κ3) is 7.95. The first kappa shape index (κ1) is 25.9. The number of nitrogens with zero attached hydrogens (tertiary/aromatic N) is 3. The number of carbonyl (C=O) groups is 2. The minimum absolute atomic E-state index is 0.0626. The fourth-order valence-corrected chi connectivity index (χ4v) is 5.19. The van der Waals surface area contributed by atoms with E-state index in [1.807, 2.05) is 6.07 Å². The van der Waals surface area contributed by atoms with Gasteiger partial charge in [-0.3, -0.25) is 9.59 Å². The maximum atomic E-state index is 12.0. The van der Waals surface area contributed by atoms with Gasteiger partial charge in [0.05, 0.1) is 28.3 Å². The molecule has 0 spiro atoms. The van der Waals surface area contributed by atoms with Crippen molar-refractivity contribution >= 4 is 40.7 Å². The Morgan fingerprint density at radius 1 is 1.15 bits per heavy atom. The highest BCUT2D eigenvalue weighted by molar-refractivity contribution is 8.00. The number of primary amides is 1. The summed E-state index contributed by atoms with van der Waals surface area (Å²) < 4.78 is 6.82. The fraction of sp³-hybridized carbons (Fsp3) is 0.458. The summed E-state index contributed by atoms with van der Waals surface area (Å²) in [7, 11) is 0. The molecular formula is C24H31N5O3S2. The van der Waals surface area contributed by atoms with Crippen LogP contribution >= 0.6 is 23.1 Å². The molecule has 0 aliphatic rings. The van der Waals surface area contributed by atoms with E-state index < -0.39 is 5.92 Å². The molecule has 0 fully saturated rings. The van der Waals surface area contributed by atoms with E-state index in [1.54, 1.807) is 42.5 Å². The molecule has 0 saturated heterocycles. The smallest absolute Gasteiger partial charge is 0.227 e. The molecule has 3 aromatic rings. The Balaban J connectivity index is 1.42. The fourth-order valence-electron chi connectivity index (χ4n) is 3.20. The highest BCUT2D eigenvalue weighted by Crippen LogP contribution is 2.34. The van der Waals surface area contributed by atoms with Crippen LogP contribution in [-0.4, -0.2) is 26.8 Å². The van der Waals surface area contributed by atoms with Crippen LogP contribution in [0.15, 0.2) is 45.4 Å². The molecule has 0 aliphatic carbocycles. The molecule has 3 heterocycles. The number of thiazole rings is 1. The molecule has 3 rings (SSSR count). The zero-order valence-electron chi connectivity index (χ0n) is 19.7. The van der Waals surface area contributed by atoms with E-state index in [-0.39, 0.29) is 17.2 Å². The summed E-state index contributed by atoms with van der Waals surface area (Å²) in [6, 6.07) is 5.38. The maximum absolute atomic E-state index is 12.0. The average Bonchev–Trinajstić information content (AvgIpc) is 3.45. The molecule has 2 amide bonds. The van der Waals surface area contributed by atoms with E-state index in [2.05, 4.69) is 41.0 Å². The van der Waals surface area contributed by atoms with E-state index >= 15 is 0 Å². The number of nitrogens with one attached hydrogen (secondary N) is 1. The quantitative estimate of drug-likeness (QED) is 0.256. The van der Waals surface area contributed by atoms with Crippen LogP contribution in [0.25, 0.3) is 0 Å². The molecule has 1 atom stereocenters. The number of pyridine rings is 1. The number of aromatic nitrogens is 3. The van der Waals surface area contributed by atoms with Crippen molar-refractivity contribution < 1.29 is 14.0 Å². The largest absolute Gasteiger partial charge is 0.444 e. The monoisotopic (exact) mass is 501 g/mol. The number of nitrogens with two attached hydrogens (primary N) is 1. The SMILES string of the molecule is CC(C)(C)c1cnc(CSc2cnc(C(CCCCCC(=O)Nc3ccccn3)C(N)=O)s2)o1. The number of amides is 2. The van der Waals surface area contributed by atoms with Crippen LogP contribution in [0.4, 0.5) is 5.82 Å². The lowest BCUT2D eigenvalue weighted by Crippen LogP contribution is -2.21. The second-order valence-corrected chi connectivity index (χ2v) is 11.3. The van der Waals surface area contributed by atoms with E-state index in [1.165, 1.54) is 11.3 Å². The van der Waals surface area contributed by atoms with Crippen LogP contribution < -0.4 is 11.1 Å². The summed E-state index contributed by atoms with van der Waals surface area (Å²) in [5, 5.41) is 3.50. The maximum Gasteiger partial charge on any atom is 0.227 e. The van der Waals surface area contributed by atoms with Gasteiger partial charge < -0.3 is 15.5 Å². The number of oxazole rings is 1. The molecule has 3 N–H and O–H groups in total. The molecule has 0 aliphatic heterocycles. The Hall–Kier alpha value is -2.72. The van der Waals surface area contributed by atoms with Gasteiger partial charge in [0.15, 0.2) is 0 Å². The van der Waals surface area contributed by atoms with Crippen molar-refractivity contribution in [2.24, 2.45) is 5.73 Å². The third-order valence-electron chi connectivity index (χ3n) is 5.10. The van der Waals surface area contributed by atoms with Gasteiger partial charge in [0, 0.05) is 18.0 Å². The van der Waals surface area contributed by atoms with Gasteiger partial charge in [-0.1, -0.05) is 39.7 Å². The van der Waals surface area contributed by atoms with Gasteiger partial charge in [-0.2, -0.15) is 0 Å². The predicted molar refractivity (Wildman–Crippen MR) is 135 cm³/mol. The summed E-state index contributed by atoms with van der Waals surface area (Å²) in [5.74, 6) is 1.82. The number of hydrogen-bond acceptors (Lipinski definition) is 8. The predicted octanol–water partition coefficient (Wildman–Crippen LogP) is 5.27. The number of anilines is 1. The van der Waals surface area contributed by atoms with E-state index in [0.29, 0.717) is 30.3 Å². The van der Waals surface area contributed by atoms with Crippen molar-refractivity contribution in [3.05, 3.63) is 53.4 Å². The number of thioether (sulfide) groups is 1. The Kier molecular flexibility index (Phi) is 9.23. The molecule has 0 aromatic carbocycles. The van der Waals surface area contributed by atoms with Crippen molar-refractivity contribution in [3.63, 3.8) is 0 Å². The van der Waals surface area contributed by atoms with Gasteiger partial charge in [0.25, 0.3) is 0 Å². The van der Waals surface area contributed by atoms with Gasteiger partial charge >= 0.3 is 0 Å². The first-order valence-corrected chi connectivity index (χ1v) is 13.1. The topological polar surface area (TPSA) is 124 Å². The summed E-state index contributed by atoms with van der Waals surface area (Å²) in [5.41, 5.74) is 5.58. The van der Waals surface area contributed by atoms with Crippen LogP contribution in [0.5, 0.6) is 0 Å². The summed E-state index contributed by atoms with van der Waals surface area (Å²) in [6.07, 6.45) is 8.56. The van der Waals surface area contributed by atoms with E-state index in [0.717, 1.165) is 34.2 Å². The molecule has 8 nitrogen and oxygen atoms in total. The Labute approximate surface area is 208 Å². The molecule has 10 heteroatoms. The van der Waals surface area contributed by atoms with Crippen molar-refractivity contribution in [2.45, 2.75) is 74.2 Å². The third-order valence-corrected chi connectivity index (χ3v) is 7.39. The number of hydrogen-bond donors (Lipinski definition) is 2. The van der Waals surface area contributed by atoms with Crippen molar-refractivity contribution in [1.82, 2.24) is 15.0 Å². The second-order valence-electron chi connectivity index (χ2n) is 8.99. The molecule has 1 unspecified atom stereocenters. The van der Waals surface area contributed by atoms with E-state index in [9.17, 15) is 9.59 Å². The standard InChI is InChI=1S/C24H31N5O3S2/c1-24(2,3)17-13-27-20(32-17)15-33-21-14-28-23(34-21)16(22(25)31)9-5-4-6-11-19(30)29-18-10-7-8-12-26-18/h7-8,10,12-14,16H,4-6,9,11,15H2,1-3H3,(H2,25,31)(H,26,29,30). The average molecular weight is 502 g/mol. The molecule has 182 valence electrons. The summed E-state index contributed by atoms with van der Waals surface area (Å²) in [4.78, 5) is 36.9. The number of carbonyl (C=O) groups excluding carboxylic acids is 2. The van der Waals surface area contributed by atoms with Gasteiger partial charge in [0.1, 0.15) is 16.6 Å². The van der Waals surface area contributed by atoms with Gasteiger partial charge in [-0.25, -0.2) is 15.0 Å². The van der Waals surface area contributed by atoms with Crippen molar-refractivity contribution in [3.8, 4) is 0 Å². The zero-order valence-corrected chi connectivity index (χ0v) is 21.4. The van der Waals surface area contributed by atoms with E-state index in [4.69, 9.17) is 10.2 Å². The second kappa shape index (κ2) is 12.1. The Morgan fingerprint density at radius 2 is 1.97 bits per heavy atom. The highest BCUT2D eigenvalue weighted by Gasteiger charge is 2.22. The van der Waals surface area contributed by atoms with Crippen LogP contribution in [0.2, 0.25) is 0 Å². The lowest BCUT2D eigenvalue weighted by molar-refractivity contribution is -0.119. The highest BCUT2D eigenvalue weighted by atomic mass is 32.2. The molecule has 0 bridgehead atoms. The van der Waals surface area contributed by atoms with Crippen LogP contribution in [0.1, 0.15) is 75.5 Å². The van der Waals surface area contributed by atoms with Gasteiger partial charge in [0.2, 0.25) is 17.7 Å². The minimum Gasteiger partial charge on any atom is -0.444 e. The molecule has 0 saturated carbocycles. The molecule has 34 heavy (non-hydrogen) atoms. The lowest BCUT2D eigenvalue weighted by atomic mass is 9.94. The van der Waals surface area contributed by atoms with Crippen LogP contribution in [0, 0.1) is 0 Å². The van der Waals surface area contributed by atoms with Gasteiger partial charge in [-0.05, 0) is 25.0 Å². The Bertz CT molecular complexity index is 1080. The number of unbranched alkanes of at least 4 members (excludes halogenated alkanes) is 2. The van der Waals surface area contributed by atoms with Crippen molar-refractivity contribution in [2.75, 3.05) is 5.32 Å². The van der Waals surface area contributed by atoms with Crippen LogP contribution in [0.3, 0.4) is 0 Å². The molecular weight excluding hydrogens is 470 g/mol.